The first-order chi connectivity index (χ1) is 11.0. The number of urea groups is 1. The Balaban J connectivity index is 1.74. The summed E-state index contributed by atoms with van der Waals surface area (Å²) in [6.45, 7) is 5.23. The summed E-state index contributed by atoms with van der Waals surface area (Å²) in [6.07, 6.45) is 1.06. The maximum Gasteiger partial charge on any atom is 0.317 e. The molecule has 5 heteroatoms. The molecule has 4 nitrogen and oxygen atoms in total. The number of carbonyl (C=O) groups is 1. The lowest BCUT2D eigenvalue weighted by Crippen LogP contribution is -2.37. The predicted molar refractivity (Wildman–Crippen MR) is 95.1 cm³/mol. The van der Waals surface area contributed by atoms with Crippen molar-refractivity contribution < 1.29 is 9.53 Å². The van der Waals surface area contributed by atoms with Crippen molar-refractivity contribution in [3.05, 3.63) is 52.2 Å². The highest BCUT2D eigenvalue weighted by Crippen LogP contribution is 2.14. The Morgan fingerprint density at radius 3 is 2.61 bits per heavy atom. The molecule has 1 heterocycles. The summed E-state index contributed by atoms with van der Waals surface area (Å²) in [5.41, 5.74) is 1.06. The van der Waals surface area contributed by atoms with Crippen LogP contribution in [-0.2, 0) is 13.0 Å². The molecule has 2 rings (SSSR count). The summed E-state index contributed by atoms with van der Waals surface area (Å²) < 4.78 is 5.61. The van der Waals surface area contributed by atoms with E-state index >= 15 is 0 Å². The summed E-state index contributed by atoms with van der Waals surface area (Å²) >= 11 is 1.72. The van der Waals surface area contributed by atoms with Gasteiger partial charge >= 0.3 is 6.03 Å². The van der Waals surface area contributed by atoms with Gasteiger partial charge in [0.25, 0.3) is 0 Å². The molecule has 1 N–H and O–H groups in total. The third kappa shape index (κ3) is 5.94. The average molecular weight is 332 g/mol. The van der Waals surface area contributed by atoms with Gasteiger partial charge in [-0.05, 0) is 49.4 Å². The minimum absolute atomic E-state index is 0.0518. The van der Waals surface area contributed by atoms with Gasteiger partial charge in [-0.25, -0.2) is 4.79 Å². The Morgan fingerprint density at radius 2 is 2.00 bits per heavy atom. The van der Waals surface area contributed by atoms with Gasteiger partial charge in [0.2, 0.25) is 0 Å². The molecule has 2 amide bonds. The number of nitrogens with one attached hydrogen (secondary N) is 1. The van der Waals surface area contributed by atoms with Gasteiger partial charge in [-0.3, -0.25) is 0 Å². The van der Waals surface area contributed by atoms with Crippen LogP contribution in [0.1, 0.15) is 24.3 Å². The smallest absolute Gasteiger partial charge is 0.317 e. The third-order valence-electron chi connectivity index (χ3n) is 3.36. The van der Waals surface area contributed by atoms with Crippen molar-refractivity contribution in [2.45, 2.75) is 32.9 Å². The van der Waals surface area contributed by atoms with Gasteiger partial charge in [-0.2, -0.15) is 0 Å². The predicted octanol–water partition coefficient (Wildman–Crippen LogP) is 3.92. The van der Waals surface area contributed by atoms with Crippen LogP contribution in [0, 0.1) is 0 Å². The molecule has 0 bridgehead atoms. The Kier molecular flexibility index (Phi) is 6.47. The van der Waals surface area contributed by atoms with E-state index in [0.29, 0.717) is 13.1 Å². The van der Waals surface area contributed by atoms with E-state index in [2.05, 4.69) is 16.8 Å². The molecule has 1 aromatic carbocycles. The number of likely N-dealkylation sites (N-methyl/N-ethyl adjacent to an activating group) is 1. The van der Waals surface area contributed by atoms with E-state index in [1.807, 2.05) is 51.2 Å². The van der Waals surface area contributed by atoms with Crippen molar-refractivity contribution in [3.8, 4) is 5.75 Å². The second-order valence-corrected chi connectivity index (χ2v) is 6.75. The molecule has 0 radical (unpaired) electrons. The highest BCUT2D eigenvalue weighted by Gasteiger charge is 2.08. The van der Waals surface area contributed by atoms with Crippen molar-refractivity contribution in [1.29, 1.82) is 0 Å². The third-order valence-corrected chi connectivity index (χ3v) is 4.30. The zero-order valence-corrected chi connectivity index (χ0v) is 14.7. The summed E-state index contributed by atoms with van der Waals surface area (Å²) in [7, 11) is 1.82. The minimum Gasteiger partial charge on any atom is -0.491 e. The number of amides is 2. The van der Waals surface area contributed by atoms with Crippen LogP contribution in [-0.4, -0.2) is 30.6 Å². The van der Waals surface area contributed by atoms with Gasteiger partial charge in [0.1, 0.15) is 5.75 Å². The molecule has 0 saturated heterocycles. The second-order valence-electron chi connectivity index (χ2n) is 5.72. The number of hydrogen-bond acceptors (Lipinski definition) is 3. The molecule has 124 valence electrons. The number of thiophene rings is 1. The van der Waals surface area contributed by atoms with E-state index in [1.54, 1.807) is 16.2 Å². The van der Waals surface area contributed by atoms with Gasteiger partial charge in [0.05, 0.1) is 6.10 Å². The normalized spacial score (nSPS) is 10.6. The van der Waals surface area contributed by atoms with Crippen LogP contribution in [0.25, 0.3) is 0 Å². The number of rotatable bonds is 7. The van der Waals surface area contributed by atoms with Crippen molar-refractivity contribution in [3.63, 3.8) is 0 Å². The molecule has 0 aliphatic rings. The fraction of sp³-hybridized carbons (Fsp3) is 0.389. The van der Waals surface area contributed by atoms with Crippen LogP contribution in [0.5, 0.6) is 5.75 Å². The lowest BCUT2D eigenvalue weighted by Gasteiger charge is -2.17. The summed E-state index contributed by atoms with van der Waals surface area (Å²) in [4.78, 5) is 15.1. The SMILES string of the molecule is CC(C)Oc1ccc(CNC(=O)N(C)CCc2cccs2)cc1. The van der Waals surface area contributed by atoms with Crippen LogP contribution < -0.4 is 10.1 Å². The Morgan fingerprint density at radius 1 is 1.26 bits per heavy atom. The van der Waals surface area contributed by atoms with E-state index in [-0.39, 0.29) is 12.1 Å². The van der Waals surface area contributed by atoms with Crippen LogP contribution in [0.15, 0.2) is 41.8 Å². The molecule has 23 heavy (non-hydrogen) atoms. The van der Waals surface area contributed by atoms with Crippen LogP contribution >= 0.6 is 11.3 Å². The van der Waals surface area contributed by atoms with E-state index in [4.69, 9.17) is 4.74 Å². The van der Waals surface area contributed by atoms with Crippen LogP contribution in [0.3, 0.4) is 0 Å². The summed E-state index contributed by atoms with van der Waals surface area (Å²) in [5, 5.41) is 5.00. The first kappa shape index (κ1) is 17.3. The summed E-state index contributed by atoms with van der Waals surface area (Å²) in [6, 6.07) is 11.9. The first-order valence-corrected chi connectivity index (χ1v) is 8.69. The molecule has 0 unspecified atom stereocenters. The van der Waals surface area contributed by atoms with Crippen molar-refractivity contribution in [1.82, 2.24) is 10.2 Å². The largest absolute Gasteiger partial charge is 0.491 e. The fourth-order valence-corrected chi connectivity index (χ4v) is 2.80. The second kappa shape index (κ2) is 8.58. The van der Waals surface area contributed by atoms with Crippen molar-refractivity contribution >= 4 is 17.4 Å². The molecule has 0 saturated carbocycles. The molecule has 0 spiro atoms. The van der Waals surface area contributed by atoms with E-state index in [0.717, 1.165) is 17.7 Å². The maximum absolute atomic E-state index is 12.1. The lowest BCUT2D eigenvalue weighted by molar-refractivity contribution is 0.209. The van der Waals surface area contributed by atoms with Gasteiger partial charge in [-0.1, -0.05) is 18.2 Å². The monoisotopic (exact) mass is 332 g/mol. The molecule has 0 aliphatic carbocycles. The highest BCUT2D eigenvalue weighted by atomic mass is 32.1. The lowest BCUT2D eigenvalue weighted by atomic mass is 10.2. The van der Waals surface area contributed by atoms with E-state index in [1.165, 1.54) is 4.88 Å². The number of hydrogen-bond donors (Lipinski definition) is 1. The first-order valence-electron chi connectivity index (χ1n) is 7.81. The highest BCUT2D eigenvalue weighted by molar-refractivity contribution is 7.09. The fourth-order valence-electron chi connectivity index (χ4n) is 2.10. The van der Waals surface area contributed by atoms with Crippen LogP contribution in [0.4, 0.5) is 4.79 Å². The van der Waals surface area contributed by atoms with Crippen molar-refractivity contribution in [2.24, 2.45) is 0 Å². The van der Waals surface area contributed by atoms with Gasteiger partial charge < -0.3 is 15.0 Å². The standard InChI is InChI=1S/C18H24N2O2S/c1-14(2)22-16-8-6-15(7-9-16)13-19-18(21)20(3)11-10-17-5-4-12-23-17/h4-9,12,14H,10-11,13H2,1-3H3,(H,19,21). The average Bonchev–Trinajstić information content (AvgIpc) is 3.04. The summed E-state index contributed by atoms with van der Waals surface area (Å²) in [5.74, 6) is 0.850. The molecule has 0 aliphatic heterocycles. The minimum atomic E-state index is -0.0518. The van der Waals surface area contributed by atoms with Gasteiger partial charge in [-0.15, -0.1) is 11.3 Å². The van der Waals surface area contributed by atoms with Gasteiger partial charge in [0.15, 0.2) is 0 Å². The quantitative estimate of drug-likeness (QED) is 0.835. The van der Waals surface area contributed by atoms with Crippen LogP contribution in [0.2, 0.25) is 0 Å². The Hall–Kier alpha value is -2.01. The molecular weight excluding hydrogens is 308 g/mol. The topological polar surface area (TPSA) is 41.6 Å². The molecule has 0 atom stereocenters. The number of carbonyl (C=O) groups excluding carboxylic acids is 1. The zero-order valence-electron chi connectivity index (χ0n) is 13.9. The van der Waals surface area contributed by atoms with Crippen molar-refractivity contribution in [2.75, 3.05) is 13.6 Å². The zero-order chi connectivity index (χ0) is 16.7. The molecular formula is C18H24N2O2S. The number of nitrogens with zero attached hydrogens (tertiary/aromatic N) is 1. The Bertz CT molecular complexity index is 594. The molecule has 1 aromatic heterocycles. The number of benzene rings is 1. The van der Waals surface area contributed by atoms with E-state index < -0.39 is 0 Å². The number of ether oxygens (including phenoxy) is 1. The molecule has 2 aromatic rings. The molecule has 0 fully saturated rings. The maximum atomic E-state index is 12.1. The van der Waals surface area contributed by atoms with Gasteiger partial charge in [0, 0.05) is 25.0 Å². The van der Waals surface area contributed by atoms with E-state index in [9.17, 15) is 4.79 Å². The Labute approximate surface area is 142 Å².